The van der Waals surface area contributed by atoms with Gasteiger partial charge in [-0.2, -0.15) is 0 Å². The molecule has 0 bridgehead atoms. The molecular formula is C11H21NO5. The van der Waals surface area contributed by atoms with Crippen LogP contribution in [0.5, 0.6) is 0 Å². The van der Waals surface area contributed by atoms with Crippen molar-refractivity contribution in [3.63, 3.8) is 0 Å². The van der Waals surface area contributed by atoms with E-state index in [2.05, 4.69) is 5.32 Å². The first kappa shape index (κ1) is 15.9. The van der Waals surface area contributed by atoms with Crippen molar-refractivity contribution in [2.24, 2.45) is 5.92 Å². The molecule has 0 heterocycles. The third kappa shape index (κ3) is 11.1. The third-order valence-corrected chi connectivity index (χ3v) is 2.08. The number of methoxy groups -OCH3 is 1. The Morgan fingerprint density at radius 1 is 1.29 bits per heavy atom. The van der Waals surface area contributed by atoms with Gasteiger partial charge in [-0.25, -0.2) is 0 Å². The minimum absolute atomic E-state index is 0.0601. The summed E-state index contributed by atoms with van der Waals surface area (Å²) in [5, 5.41) is 11.2. The molecule has 6 nitrogen and oxygen atoms in total. The number of carbonyl (C=O) groups excluding carboxylic acids is 1. The highest BCUT2D eigenvalue weighted by Gasteiger charge is 2.09. The number of nitrogens with one attached hydrogen (secondary N) is 1. The molecule has 0 aliphatic rings. The molecule has 1 amide bonds. The van der Waals surface area contributed by atoms with Crippen molar-refractivity contribution in [2.45, 2.75) is 19.8 Å². The van der Waals surface area contributed by atoms with Gasteiger partial charge in [0.05, 0.1) is 19.8 Å². The molecule has 17 heavy (non-hydrogen) atoms. The lowest BCUT2D eigenvalue weighted by Gasteiger charge is -2.10. The maximum atomic E-state index is 11.3. The normalized spacial score (nSPS) is 12.1. The predicted octanol–water partition coefficient (Wildman–Crippen LogP) is 0.266. The van der Waals surface area contributed by atoms with E-state index in [0.29, 0.717) is 26.4 Å². The van der Waals surface area contributed by atoms with Crippen LogP contribution >= 0.6 is 0 Å². The van der Waals surface area contributed by atoms with Crippen LogP contribution in [-0.2, 0) is 19.1 Å². The first-order chi connectivity index (χ1) is 8.06. The van der Waals surface area contributed by atoms with Gasteiger partial charge >= 0.3 is 5.97 Å². The molecule has 1 unspecified atom stereocenters. The number of carboxylic acid groups (broad SMARTS) is 1. The fourth-order valence-corrected chi connectivity index (χ4v) is 1.16. The lowest BCUT2D eigenvalue weighted by Crippen LogP contribution is -2.29. The molecule has 2 N–H and O–H groups in total. The molecule has 0 radical (unpaired) electrons. The van der Waals surface area contributed by atoms with E-state index in [-0.39, 0.29) is 24.7 Å². The molecule has 0 aromatic rings. The first-order valence-corrected chi connectivity index (χ1v) is 5.61. The Morgan fingerprint density at radius 3 is 2.59 bits per heavy atom. The van der Waals surface area contributed by atoms with E-state index < -0.39 is 5.97 Å². The highest BCUT2D eigenvalue weighted by Crippen LogP contribution is 1.99. The molecular weight excluding hydrogens is 226 g/mol. The van der Waals surface area contributed by atoms with Crippen LogP contribution in [0.25, 0.3) is 0 Å². The summed E-state index contributed by atoms with van der Waals surface area (Å²) in [4.78, 5) is 21.7. The van der Waals surface area contributed by atoms with E-state index in [1.165, 1.54) is 0 Å². The average Bonchev–Trinajstić information content (AvgIpc) is 2.25. The Labute approximate surface area is 101 Å². The van der Waals surface area contributed by atoms with Gasteiger partial charge in [-0.1, -0.05) is 6.92 Å². The standard InChI is InChI=1S/C11H21NO5/c1-9(7-11(14)15)8-12-10(13)3-4-17-6-5-16-2/h9H,3-8H2,1-2H3,(H,12,13)(H,14,15). The van der Waals surface area contributed by atoms with Crippen LogP contribution in [0, 0.1) is 5.92 Å². The summed E-state index contributed by atoms with van der Waals surface area (Å²) in [6.07, 6.45) is 0.341. The molecule has 6 heteroatoms. The van der Waals surface area contributed by atoms with E-state index in [0.717, 1.165) is 0 Å². The van der Waals surface area contributed by atoms with Crippen molar-refractivity contribution in [3.8, 4) is 0 Å². The van der Waals surface area contributed by atoms with Gasteiger partial charge in [0.25, 0.3) is 0 Å². The van der Waals surface area contributed by atoms with Crippen molar-refractivity contribution in [2.75, 3.05) is 33.5 Å². The van der Waals surface area contributed by atoms with Crippen LogP contribution in [0.2, 0.25) is 0 Å². The van der Waals surface area contributed by atoms with Gasteiger partial charge in [-0.05, 0) is 5.92 Å². The molecule has 0 aromatic carbocycles. The fourth-order valence-electron chi connectivity index (χ4n) is 1.16. The molecule has 0 aliphatic heterocycles. The average molecular weight is 247 g/mol. The molecule has 0 fully saturated rings. The maximum absolute atomic E-state index is 11.3. The summed E-state index contributed by atoms with van der Waals surface area (Å²) in [5.74, 6) is -1.04. The number of hydrogen-bond donors (Lipinski definition) is 2. The summed E-state index contributed by atoms with van der Waals surface area (Å²) in [6.45, 7) is 3.49. The van der Waals surface area contributed by atoms with Crippen molar-refractivity contribution < 1.29 is 24.2 Å². The van der Waals surface area contributed by atoms with Gasteiger partial charge in [-0.3, -0.25) is 9.59 Å². The largest absolute Gasteiger partial charge is 0.481 e. The Morgan fingerprint density at radius 2 is 2.00 bits per heavy atom. The van der Waals surface area contributed by atoms with E-state index in [1.807, 2.05) is 0 Å². The summed E-state index contributed by atoms with van der Waals surface area (Å²) < 4.78 is 9.92. The van der Waals surface area contributed by atoms with Crippen molar-refractivity contribution in [1.82, 2.24) is 5.32 Å². The SMILES string of the molecule is COCCOCCC(=O)NCC(C)CC(=O)O. The lowest BCUT2D eigenvalue weighted by molar-refractivity contribution is -0.138. The quantitative estimate of drug-likeness (QED) is 0.541. The lowest BCUT2D eigenvalue weighted by atomic mass is 10.1. The maximum Gasteiger partial charge on any atom is 0.303 e. The highest BCUT2D eigenvalue weighted by atomic mass is 16.5. The van der Waals surface area contributed by atoms with Crippen molar-refractivity contribution >= 4 is 11.9 Å². The van der Waals surface area contributed by atoms with Gasteiger partial charge in [0.15, 0.2) is 0 Å². The van der Waals surface area contributed by atoms with Crippen LogP contribution in [0.1, 0.15) is 19.8 Å². The molecule has 100 valence electrons. The fraction of sp³-hybridized carbons (Fsp3) is 0.818. The van der Waals surface area contributed by atoms with Gasteiger partial charge in [0.2, 0.25) is 5.91 Å². The van der Waals surface area contributed by atoms with Crippen LogP contribution in [0.3, 0.4) is 0 Å². The smallest absolute Gasteiger partial charge is 0.303 e. The highest BCUT2D eigenvalue weighted by molar-refractivity contribution is 5.76. The van der Waals surface area contributed by atoms with E-state index in [1.54, 1.807) is 14.0 Å². The number of rotatable bonds is 10. The number of carbonyl (C=O) groups is 2. The Bertz CT molecular complexity index is 232. The van der Waals surface area contributed by atoms with E-state index in [9.17, 15) is 9.59 Å². The van der Waals surface area contributed by atoms with Crippen LogP contribution in [0.4, 0.5) is 0 Å². The first-order valence-electron chi connectivity index (χ1n) is 5.61. The van der Waals surface area contributed by atoms with Gasteiger partial charge in [-0.15, -0.1) is 0 Å². The van der Waals surface area contributed by atoms with Crippen LogP contribution in [0.15, 0.2) is 0 Å². The van der Waals surface area contributed by atoms with Gasteiger partial charge in [0.1, 0.15) is 0 Å². The number of aliphatic carboxylic acids is 1. The number of hydrogen-bond acceptors (Lipinski definition) is 4. The zero-order valence-corrected chi connectivity index (χ0v) is 10.4. The topological polar surface area (TPSA) is 84.9 Å². The number of ether oxygens (including phenoxy) is 2. The molecule has 0 aromatic heterocycles. The van der Waals surface area contributed by atoms with Crippen molar-refractivity contribution in [3.05, 3.63) is 0 Å². The second kappa shape index (κ2) is 10.0. The minimum Gasteiger partial charge on any atom is -0.481 e. The summed E-state index contributed by atoms with van der Waals surface area (Å²) in [5.41, 5.74) is 0. The zero-order valence-electron chi connectivity index (χ0n) is 10.4. The minimum atomic E-state index is -0.852. The van der Waals surface area contributed by atoms with E-state index >= 15 is 0 Å². The number of carboxylic acids is 1. The Balaban J connectivity index is 3.42. The second-order valence-corrected chi connectivity index (χ2v) is 3.86. The summed E-state index contributed by atoms with van der Waals surface area (Å²) in [7, 11) is 1.58. The Hall–Kier alpha value is -1.14. The van der Waals surface area contributed by atoms with Crippen LogP contribution in [-0.4, -0.2) is 50.5 Å². The van der Waals surface area contributed by atoms with Crippen LogP contribution < -0.4 is 5.32 Å². The zero-order chi connectivity index (χ0) is 13.1. The monoisotopic (exact) mass is 247 g/mol. The molecule has 0 saturated heterocycles. The summed E-state index contributed by atoms with van der Waals surface area (Å²) in [6, 6.07) is 0. The molecule has 0 aliphatic carbocycles. The Kier molecular flexibility index (Phi) is 9.37. The van der Waals surface area contributed by atoms with Crippen molar-refractivity contribution in [1.29, 1.82) is 0 Å². The summed E-state index contributed by atoms with van der Waals surface area (Å²) >= 11 is 0. The molecule has 0 rings (SSSR count). The molecule has 1 atom stereocenters. The van der Waals surface area contributed by atoms with Gasteiger partial charge in [0, 0.05) is 26.5 Å². The molecule has 0 spiro atoms. The predicted molar refractivity (Wildman–Crippen MR) is 61.7 cm³/mol. The van der Waals surface area contributed by atoms with Gasteiger partial charge < -0.3 is 19.9 Å². The molecule has 0 saturated carbocycles. The third-order valence-electron chi connectivity index (χ3n) is 2.08. The van der Waals surface area contributed by atoms with E-state index in [4.69, 9.17) is 14.6 Å². The number of amides is 1. The second-order valence-electron chi connectivity index (χ2n) is 3.86.